The molecule has 0 aliphatic heterocycles. The third-order valence-electron chi connectivity index (χ3n) is 6.20. The van der Waals surface area contributed by atoms with Gasteiger partial charge in [-0.15, -0.1) is 0 Å². The Morgan fingerprint density at radius 2 is 1.07 bits per heavy atom. The summed E-state index contributed by atoms with van der Waals surface area (Å²) in [6, 6.07) is 3.46. The van der Waals surface area contributed by atoms with E-state index in [1.165, 1.54) is 27.7 Å². The Labute approximate surface area is 246 Å². The van der Waals surface area contributed by atoms with Crippen molar-refractivity contribution in [2.45, 2.75) is 40.5 Å². The van der Waals surface area contributed by atoms with E-state index in [0.29, 0.717) is 57.4 Å². The molecule has 0 fully saturated rings. The average Bonchev–Trinajstić information content (AvgIpc) is 3.45. The van der Waals surface area contributed by atoms with Gasteiger partial charge in [-0.3, -0.25) is 19.2 Å². The summed E-state index contributed by atoms with van der Waals surface area (Å²) in [5.41, 5.74) is 4.63. The molecule has 210 valence electrons. The minimum Gasteiger partial charge on any atom is -0.424 e. The van der Waals surface area contributed by atoms with Gasteiger partial charge in [-0.1, -0.05) is 0 Å². The van der Waals surface area contributed by atoms with Gasteiger partial charge in [0.05, 0.1) is 11.0 Å². The van der Waals surface area contributed by atoms with Crippen LogP contribution >= 0.6 is 31.9 Å². The maximum atomic E-state index is 11.9. The summed E-state index contributed by atoms with van der Waals surface area (Å²) in [5, 5.41) is 7.25. The van der Waals surface area contributed by atoms with Gasteiger partial charge in [0, 0.05) is 84.0 Å². The first kappa shape index (κ1) is 29.3. The molecule has 10 nitrogen and oxygen atoms in total. The van der Waals surface area contributed by atoms with Crippen LogP contribution < -0.4 is 20.1 Å². The highest BCUT2D eigenvalue weighted by Gasteiger charge is 2.25. The van der Waals surface area contributed by atoms with E-state index in [9.17, 15) is 19.2 Å². The topological polar surface area (TPSA) is 142 Å². The minimum atomic E-state index is -0.462. The molecule has 2 amide bonds. The third kappa shape index (κ3) is 6.23. The fourth-order valence-electron chi connectivity index (χ4n) is 4.75. The number of ether oxygens (including phenoxy) is 2. The molecule has 2 aromatic heterocycles. The molecule has 0 saturated carbocycles. The summed E-state index contributed by atoms with van der Waals surface area (Å²) in [4.78, 5) is 53.4. The number of nitrogens with one attached hydrogen (secondary N) is 4. The first-order valence-corrected chi connectivity index (χ1v) is 14.1. The number of hydrogen-bond acceptors (Lipinski definition) is 6. The third-order valence-corrected chi connectivity index (χ3v) is 7.45. The van der Waals surface area contributed by atoms with Crippen molar-refractivity contribution in [3.63, 3.8) is 0 Å². The lowest BCUT2D eigenvalue weighted by Crippen LogP contribution is -2.22. The number of hydrogen-bond donors (Lipinski definition) is 4. The van der Waals surface area contributed by atoms with Crippen LogP contribution in [0.15, 0.2) is 33.5 Å². The molecule has 0 bridgehead atoms. The zero-order valence-corrected chi connectivity index (χ0v) is 25.5. The van der Waals surface area contributed by atoms with Crippen molar-refractivity contribution in [3.05, 3.63) is 44.6 Å². The quantitative estimate of drug-likeness (QED) is 0.145. The van der Waals surface area contributed by atoms with Crippen molar-refractivity contribution in [1.29, 1.82) is 0 Å². The Morgan fingerprint density at radius 3 is 1.40 bits per heavy atom. The summed E-state index contributed by atoms with van der Waals surface area (Å²) in [6.07, 6.45) is 4.69. The van der Waals surface area contributed by atoms with Crippen LogP contribution in [0.4, 0.5) is 0 Å². The number of fused-ring (bicyclic) bond motifs is 2. The lowest BCUT2D eigenvalue weighted by molar-refractivity contribution is -0.132. The summed E-state index contributed by atoms with van der Waals surface area (Å²) in [7, 11) is 0. The molecule has 0 atom stereocenters. The number of carbonyl (C=O) groups is 4. The van der Waals surface area contributed by atoms with E-state index in [2.05, 4.69) is 52.5 Å². The van der Waals surface area contributed by atoms with Gasteiger partial charge in [0.1, 0.15) is 0 Å². The lowest BCUT2D eigenvalue weighted by Gasteiger charge is -2.17. The Kier molecular flexibility index (Phi) is 8.99. The second-order valence-electron chi connectivity index (χ2n) is 9.24. The van der Waals surface area contributed by atoms with Crippen molar-refractivity contribution in [2.24, 2.45) is 0 Å². The van der Waals surface area contributed by atoms with E-state index in [-0.39, 0.29) is 11.8 Å². The predicted molar refractivity (Wildman–Crippen MR) is 158 cm³/mol. The van der Waals surface area contributed by atoms with Gasteiger partial charge in [0.15, 0.2) is 11.5 Å². The summed E-state index contributed by atoms with van der Waals surface area (Å²) in [5.74, 6) is -0.487. The van der Waals surface area contributed by atoms with Gasteiger partial charge in [-0.25, -0.2) is 0 Å². The van der Waals surface area contributed by atoms with Crippen LogP contribution in [0.3, 0.4) is 0 Å². The number of carbonyl (C=O) groups excluding carboxylic acids is 4. The van der Waals surface area contributed by atoms with E-state index in [1.54, 1.807) is 12.1 Å². The largest absolute Gasteiger partial charge is 0.424 e. The summed E-state index contributed by atoms with van der Waals surface area (Å²) < 4.78 is 12.4. The number of H-pyrrole nitrogens is 2. The SMILES string of the molecule is CC(=O)NCCc1c[nH]c2c(OC(C)=O)cc(Br)c(-c3c(Br)cc(OC(C)=O)c4[nH]cc(CCNC(C)=O)c34)c12. The molecule has 0 aliphatic carbocycles. The molecule has 0 radical (unpaired) electrons. The standard InChI is InChI=1S/C28H28Br2N4O6/c1-13(35)31-7-5-17-11-33-27-21(39-15(3)37)9-19(29)25(23(17)27)26-20(30)10-22(40-16(4)38)28-24(26)18(12-34-28)6-8-32-14(2)36/h9-12,33-34H,5-8H2,1-4H3,(H,31,35)(H,32,36). The van der Waals surface area contributed by atoms with Crippen molar-refractivity contribution in [1.82, 2.24) is 20.6 Å². The van der Waals surface area contributed by atoms with E-state index < -0.39 is 11.9 Å². The summed E-state index contributed by atoms with van der Waals surface area (Å²) >= 11 is 7.44. The molecular formula is C28H28Br2N4O6. The van der Waals surface area contributed by atoms with Crippen LogP contribution in [0.5, 0.6) is 11.5 Å². The number of halogens is 2. The fourth-order valence-corrected chi connectivity index (χ4v) is 5.95. The molecule has 40 heavy (non-hydrogen) atoms. The van der Waals surface area contributed by atoms with Crippen LogP contribution in [-0.2, 0) is 32.0 Å². The average molecular weight is 676 g/mol. The first-order valence-electron chi connectivity index (χ1n) is 12.5. The molecule has 0 aliphatic rings. The van der Waals surface area contributed by atoms with Crippen LogP contribution in [0, 0.1) is 0 Å². The second-order valence-corrected chi connectivity index (χ2v) is 11.0. The van der Waals surface area contributed by atoms with Gasteiger partial charge >= 0.3 is 11.9 Å². The molecule has 0 unspecified atom stereocenters. The monoisotopic (exact) mass is 674 g/mol. The molecule has 2 heterocycles. The molecule has 4 N–H and O–H groups in total. The van der Waals surface area contributed by atoms with Gasteiger partial charge in [-0.05, 0) is 68.0 Å². The lowest BCUT2D eigenvalue weighted by atomic mass is 9.93. The van der Waals surface area contributed by atoms with E-state index in [0.717, 1.165) is 33.0 Å². The Hall–Kier alpha value is -3.64. The molecular weight excluding hydrogens is 648 g/mol. The van der Waals surface area contributed by atoms with Gasteiger partial charge in [-0.2, -0.15) is 0 Å². The molecule has 0 saturated heterocycles. The maximum absolute atomic E-state index is 11.9. The van der Waals surface area contributed by atoms with E-state index >= 15 is 0 Å². The van der Waals surface area contributed by atoms with Crippen molar-refractivity contribution in [2.75, 3.05) is 13.1 Å². The van der Waals surface area contributed by atoms with Crippen molar-refractivity contribution >= 4 is 77.4 Å². The second kappa shape index (κ2) is 12.3. The zero-order chi connectivity index (χ0) is 29.1. The zero-order valence-electron chi connectivity index (χ0n) is 22.3. The van der Waals surface area contributed by atoms with Crippen LogP contribution in [0.25, 0.3) is 32.9 Å². The Bertz CT molecular complexity index is 1530. The number of esters is 2. The van der Waals surface area contributed by atoms with Gasteiger partial charge < -0.3 is 30.1 Å². The van der Waals surface area contributed by atoms with Crippen LogP contribution in [0.2, 0.25) is 0 Å². The predicted octanol–water partition coefficient (Wildman–Crippen LogP) is 5.05. The number of amides is 2. The highest BCUT2D eigenvalue weighted by Crippen LogP contribution is 2.49. The molecule has 12 heteroatoms. The smallest absolute Gasteiger partial charge is 0.308 e. The maximum Gasteiger partial charge on any atom is 0.308 e. The number of rotatable bonds is 9. The van der Waals surface area contributed by atoms with Gasteiger partial charge in [0.2, 0.25) is 11.8 Å². The van der Waals surface area contributed by atoms with E-state index in [1.807, 2.05) is 12.4 Å². The Balaban J connectivity index is 2.03. The molecule has 0 spiro atoms. The fraction of sp³-hybridized carbons (Fsp3) is 0.286. The number of aromatic amines is 2. The number of benzene rings is 2. The number of aromatic nitrogens is 2. The first-order chi connectivity index (χ1) is 19.0. The van der Waals surface area contributed by atoms with Crippen LogP contribution in [-0.4, -0.2) is 46.8 Å². The van der Waals surface area contributed by atoms with Crippen molar-refractivity contribution < 1.29 is 28.7 Å². The van der Waals surface area contributed by atoms with Gasteiger partial charge in [0.25, 0.3) is 0 Å². The molecule has 4 aromatic rings. The highest BCUT2D eigenvalue weighted by atomic mass is 79.9. The van der Waals surface area contributed by atoms with Crippen LogP contribution in [0.1, 0.15) is 38.8 Å². The minimum absolute atomic E-state index is 0.136. The molecule has 4 rings (SSSR count). The van der Waals surface area contributed by atoms with E-state index in [4.69, 9.17) is 9.47 Å². The molecule has 2 aromatic carbocycles. The highest BCUT2D eigenvalue weighted by molar-refractivity contribution is 9.11. The Morgan fingerprint density at radius 1 is 0.700 bits per heavy atom. The summed E-state index contributed by atoms with van der Waals surface area (Å²) in [6.45, 7) is 6.41. The van der Waals surface area contributed by atoms with Crippen molar-refractivity contribution in [3.8, 4) is 22.6 Å². The normalized spacial score (nSPS) is 11.1.